The Balaban J connectivity index is 1.57. The number of methoxy groups -OCH3 is 1. The standard InChI is InChI=1S/C22H23F3N2O5/c1-13-3-8-19(31-2)17(9-13)27-12-15(10-20(27)29)21(30)26-11-18(28)14-4-6-16(7-5-14)32-22(23,24)25/h3-9,15,18,28H,10-12H2,1-2H3,(H,26,30). The zero-order valence-electron chi connectivity index (χ0n) is 17.5. The lowest BCUT2D eigenvalue weighted by molar-refractivity contribution is -0.274. The Morgan fingerprint density at radius 3 is 2.56 bits per heavy atom. The van der Waals surface area contributed by atoms with Crippen LogP contribution in [0.4, 0.5) is 18.9 Å². The number of alkyl halides is 3. The molecule has 0 aliphatic carbocycles. The minimum absolute atomic E-state index is 0.0164. The van der Waals surface area contributed by atoms with Crippen LogP contribution < -0.4 is 19.7 Å². The Morgan fingerprint density at radius 2 is 1.94 bits per heavy atom. The van der Waals surface area contributed by atoms with Crippen LogP contribution in [0.2, 0.25) is 0 Å². The molecule has 3 rings (SSSR count). The summed E-state index contributed by atoms with van der Waals surface area (Å²) in [6.45, 7) is 1.90. The van der Waals surface area contributed by atoms with E-state index in [0.29, 0.717) is 17.0 Å². The third-order valence-electron chi connectivity index (χ3n) is 5.09. The van der Waals surface area contributed by atoms with Crippen LogP contribution in [0.5, 0.6) is 11.5 Å². The van der Waals surface area contributed by atoms with Gasteiger partial charge >= 0.3 is 6.36 Å². The van der Waals surface area contributed by atoms with E-state index in [1.807, 2.05) is 19.1 Å². The van der Waals surface area contributed by atoms with Crippen LogP contribution in [-0.4, -0.2) is 43.5 Å². The van der Waals surface area contributed by atoms with Gasteiger partial charge in [-0.25, -0.2) is 0 Å². The zero-order valence-corrected chi connectivity index (χ0v) is 17.5. The molecule has 2 aromatic carbocycles. The molecule has 2 unspecified atom stereocenters. The normalized spacial score (nSPS) is 17.2. The third-order valence-corrected chi connectivity index (χ3v) is 5.09. The number of carbonyl (C=O) groups is 2. The number of benzene rings is 2. The van der Waals surface area contributed by atoms with E-state index in [1.165, 1.54) is 24.1 Å². The highest BCUT2D eigenvalue weighted by atomic mass is 19.4. The smallest absolute Gasteiger partial charge is 0.495 e. The van der Waals surface area contributed by atoms with Crippen molar-refractivity contribution < 1.29 is 37.3 Å². The fraction of sp³-hybridized carbons (Fsp3) is 0.364. The number of ether oxygens (including phenoxy) is 2. The lowest BCUT2D eigenvalue weighted by atomic mass is 10.1. The molecule has 2 amide bonds. The molecule has 0 bridgehead atoms. The quantitative estimate of drug-likeness (QED) is 0.674. The van der Waals surface area contributed by atoms with E-state index < -0.39 is 30.0 Å². The topological polar surface area (TPSA) is 88.1 Å². The monoisotopic (exact) mass is 452 g/mol. The molecule has 7 nitrogen and oxygen atoms in total. The minimum atomic E-state index is -4.80. The fourth-order valence-electron chi connectivity index (χ4n) is 3.48. The molecule has 1 saturated heterocycles. The van der Waals surface area contributed by atoms with Gasteiger partial charge in [-0.15, -0.1) is 13.2 Å². The van der Waals surface area contributed by atoms with Crippen molar-refractivity contribution in [2.45, 2.75) is 25.8 Å². The van der Waals surface area contributed by atoms with Crippen LogP contribution >= 0.6 is 0 Å². The van der Waals surface area contributed by atoms with Crippen molar-refractivity contribution >= 4 is 17.5 Å². The fourth-order valence-corrected chi connectivity index (χ4v) is 3.48. The van der Waals surface area contributed by atoms with Crippen LogP contribution in [0, 0.1) is 12.8 Å². The van der Waals surface area contributed by atoms with Crippen molar-refractivity contribution in [3.05, 3.63) is 53.6 Å². The number of amides is 2. The maximum Gasteiger partial charge on any atom is 0.573 e. The highest BCUT2D eigenvalue weighted by Gasteiger charge is 2.36. The van der Waals surface area contributed by atoms with E-state index >= 15 is 0 Å². The maximum atomic E-state index is 12.6. The number of hydrogen-bond donors (Lipinski definition) is 2. The molecule has 0 radical (unpaired) electrons. The lowest BCUT2D eigenvalue weighted by Crippen LogP contribution is -2.35. The molecule has 0 spiro atoms. The van der Waals surface area contributed by atoms with Gasteiger partial charge < -0.3 is 24.8 Å². The number of hydrogen-bond acceptors (Lipinski definition) is 5. The first kappa shape index (κ1) is 23.4. The second-order valence-electron chi connectivity index (χ2n) is 7.46. The molecule has 1 heterocycles. The Bertz CT molecular complexity index is 979. The van der Waals surface area contributed by atoms with Gasteiger partial charge in [0.25, 0.3) is 0 Å². The number of aliphatic hydroxyl groups excluding tert-OH is 1. The Morgan fingerprint density at radius 1 is 1.25 bits per heavy atom. The number of anilines is 1. The Labute approximate surface area is 182 Å². The number of nitrogens with zero attached hydrogens (tertiary/aromatic N) is 1. The van der Waals surface area contributed by atoms with Crippen molar-refractivity contribution in [2.24, 2.45) is 5.92 Å². The first-order chi connectivity index (χ1) is 15.1. The number of rotatable bonds is 7. The van der Waals surface area contributed by atoms with E-state index in [9.17, 15) is 27.9 Å². The minimum Gasteiger partial charge on any atom is -0.495 e. The van der Waals surface area contributed by atoms with Crippen molar-refractivity contribution in [2.75, 3.05) is 25.1 Å². The van der Waals surface area contributed by atoms with E-state index in [1.54, 1.807) is 6.07 Å². The predicted octanol–water partition coefficient (Wildman–Crippen LogP) is 3.10. The highest BCUT2D eigenvalue weighted by molar-refractivity contribution is 6.01. The Kier molecular flexibility index (Phi) is 6.93. The van der Waals surface area contributed by atoms with Gasteiger partial charge in [0.1, 0.15) is 11.5 Å². The molecule has 2 atom stereocenters. The molecule has 2 N–H and O–H groups in total. The van der Waals surface area contributed by atoms with Crippen molar-refractivity contribution in [3.8, 4) is 11.5 Å². The summed E-state index contributed by atoms with van der Waals surface area (Å²) < 4.78 is 45.8. The van der Waals surface area contributed by atoms with Crippen molar-refractivity contribution in [1.29, 1.82) is 0 Å². The maximum absolute atomic E-state index is 12.6. The zero-order chi connectivity index (χ0) is 23.5. The Hall–Kier alpha value is -3.27. The molecule has 32 heavy (non-hydrogen) atoms. The van der Waals surface area contributed by atoms with Crippen LogP contribution in [0.25, 0.3) is 0 Å². The highest BCUT2D eigenvalue weighted by Crippen LogP contribution is 2.34. The van der Waals surface area contributed by atoms with Gasteiger partial charge in [-0.2, -0.15) is 0 Å². The van der Waals surface area contributed by atoms with E-state index in [0.717, 1.165) is 17.7 Å². The van der Waals surface area contributed by atoms with Crippen LogP contribution in [-0.2, 0) is 9.59 Å². The lowest BCUT2D eigenvalue weighted by Gasteiger charge is -2.20. The molecule has 2 aromatic rings. The number of aliphatic hydroxyl groups is 1. The molecular formula is C22H23F3N2O5. The molecule has 0 aromatic heterocycles. The number of halogens is 3. The van der Waals surface area contributed by atoms with E-state index in [-0.39, 0.29) is 25.4 Å². The molecule has 10 heteroatoms. The average Bonchev–Trinajstić information content (AvgIpc) is 3.12. The van der Waals surface area contributed by atoms with Crippen molar-refractivity contribution in [1.82, 2.24) is 5.32 Å². The number of carbonyl (C=O) groups excluding carboxylic acids is 2. The van der Waals surface area contributed by atoms with Gasteiger partial charge in [0.05, 0.1) is 24.8 Å². The summed E-state index contributed by atoms with van der Waals surface area (Å²) in [5.74, 6) is -1.10. The largest absolute Gasteiger partial charge is 0.573 e. The van der Waals surface area contributed by atoms with Gasteiger partial charge in [0.15, 0.2) is 0 Å². The number of nitrogens with one attached hydrogen (secondary N) is 1. The molecule has 1 fully saturated rings. The van der Waals surface area contributed by atoms with Gasteiger partial charge in [-0.05, 0) is 42.3 Å². The predicted molar refractivity (Wildman–Crippen MR) is 109 cm³/mol. The first-order valence-electron chi connectivity index (χ1n) is 9.84. The van der Waals surface area contributed by atoms with Crippen LogP contribution in [0.1, 0.15) is 23.7 Å². The second-order valence-corrected chi connectivity index (χ2v) is 7.46. The van der Waals surface area contributed by atoms with E-state index in [4.69, 9.17) is 4.74 Å². The van der Waals surface area contributed by atoms with E-state index in [2.05, 4.69) is 10.1 Å². The van der Waals surface area contributed by atoms with Crippen molar-refractivity contribution in [3.63, 3.8) is 0 Å². The SMILES string of the molecule is COc1ccc(C)cc1N1CC(C(=O)NCC(O)c2ccc(OC(F)(F)F)cc2)CC1=O. The molecule has 1 aliphatic heterocycles. The summed E-state index contributed by atoms with van der Waals surface area (Å²) in [5.41, 5.74) is 1.85. The van der Waals surface area contributed by atoms with Gasteiger partial charge in [0.2, 0.25) is 11.8 Å². The first-order valence-corrected chi connectivity index (χ1v) is 9.84. The second kappa shape index (κ2) is 9.47. The summed E-state index contributed by atoms with van der Waals surface area (Å²) in [4.78, 5) is 26.6. The summed E-state index contributed by atoms with van der Waals surface area (Å²) >= 11 is 0. The molecule has 0 saturated carbocycles. The summed E-state index contributed by atoms with van der Waals surface area (Å²) in [6, 6.07) is 10.1. The van der Waals surface area contributed by atoms with Gasteiger partial charge in [-0.1, -0.05) is 18.2 Å². The van der Waals surface area contributed by atoms with Crippen LogP contribution in [0.3, 0.4) is 0 Å². The summed E-state index contributed by atoms with van der Waals surface area (Å²) in [5, 5.41) is 12.8. The molecular weight excluding hydrogens is 429 g/mol. The molecule has 1 aliphatic rings. The third kappa shape index (κ3) is 5.70. The van der Waals surface area contributed by atoms with Crippen LogP contribution in [0.15, 0.2) is 42.5 Å². The van der Waals surface area contributed by atoms with Gasteiger partial charge in [0, 0.05) is 19.5 Å². The molecule has 172 valence electrons. The average molecular weight is 452 g/mol. The number of aryl methyl sites for hydroxylation is 1. The summed E-state index contributed by atoms with van der Waals surface area (Å²) in [7, 11) is 1.50. The van der Waals surface area contributed by atoms with Gasteiger partial charge in [-0.3, -0.25) is 9.59 Å². The summed E-state index contributed by atoms with van der Waals surface area (Å²) in [6.07, 6.45) is -5.92.